The van der Waals surface area contributed by atoms with Crippen LogP contribution in [0.1, 0.15) is 6.42 Å². The number of fused-ring (bicyclic) bond motifs is 1. The fourth-order valence-electron chi connectivity index (χ4n) is 2.52. The molecule has 1 aromatic rings. The maximum Gasteiger partial charge on any atom is 0.315 e. The van der Waals surface area contributed by atoms with Crippen molar-refractivity contribution in [1.29, 1.82) is 0 Å². The summed E-state index contributed by atoms with van der Waals surface area (Å²) in [6.07, 6.45) is 0.194. The van der Waals surface area contributed by atoms with Crippen LogP contribution in [0.5, 0.6) is 11.5 Å². The van der Waals surface area contributed by atoms with Crippen molar-refractivity contribution in [3.05, 3.63) is 24.3 Å². The molecule has 2 heterocycles. The Labute approximate surface area is 128 Å². The molecule has 0 spiro atoms. The first-order valence-corrected chi connectivity index (χ1v) is 8.97. The van der Waals surface area contributed by atoms with E-state index in [-0.39, 0.29) is 29.7 Å². The number of carbonyl (C=O) groups is 1. The molecule has 2 aliphatic rings. The van der Waals surface area contributed by atoms with Crippen molar-refractivity contribution in [2.45, 2.75) is 18.6 Å². The van der Waals surface area contributed by atoms with Crippen LogP contribution in [-0.4, -0.2) is 51.3 Å². The third-order valence-corrected chi connectivity index (χ3v) is 5.39. The molecule has 0 bridgehead atoms. The van der Waals surface area contributed by atoms with Gasteiger partial charge in [0.25, 0.3) is 0 Å². The Bertz CT molecular complexity index is 661. The zero-order chi connectivity index (χ0) is 15.6. The second kappa shape index (κ2) is 6.04. The fraction of sp³-hybridized carbons (Fsp3) is 0.500. The van der Waals surface area contributed by atoms with Crippen LogP contribution in [0.4, 0.5) is 4.79 Å². The maximum absolute atomic E-state index is 11.8. The van der Waals surface area contributed by atoms with Crippen molar-refractivity contribution in [2.75, 3.05) is 24.7 Å². The second-order valence-corrected chi connectivity index (χ2v) is 7.68. The Kier molecular flexibility index (Phi) is 4.10. The third-order valence-electron chi connectivity index (χ3n) is 3.63. The lowest BCUT2D eigenvalue weighted by Gasteiger charge is -2.26. The minimum Gasteiger partial charge on any atom is -0.486 e. The summed E-state index contributed by atoms with van der Waals surface area (Å²) >= 11 is 0. The summed E-state index contributed by atoms with van der Waals surface area (Å²) < 4.78 is 33.9. The van der Waals surface area contributed by atoms with Crippen molar-refractivity contribution >= 4 is 15.9 Å². The number of nitrogens with one attached hydrogen (secondary N) is 2. The van der Waals surface area contributed by atoms with E-state index in [1.165, 1.54) is 0 Å². The molecule has 2 amide bonds. The minimum atomic E-state index is -3.00. The first kappa shape index (κ1) is 15.0. The van der Waals surface area contributed by atoms with Crippen LogP contribution in [0.25, 0.3) is 0 Å². The number of sulfone groups is 1. The van der Waals surface area contributed by atoms with Crippen LogP contribution in [0.3, 0.4) is 0 Å². The van der Waals surface area contributed by atoms with Gasteiger partial charge >= 0.3 is 6.03 Å². The van der Waals surface area contributed by atoms with Gasteiger partial charge in [0, 0.05) is 6.04 Å². The highest BCUT2D eigenvalue weighted by Crippen LogP contribution is 2.30. The van der Waals surface area contributed by atoms with E-state index in [9.17, 15) is 13.2 Å². The fourth-order valence-corrected chi connectivity index (χ4v) is 4.19. The lowest BCUT2D eigenvalue weighted by molar-refractivity contribution is 0.0917. The Morgan fingerprint density at radius 3 is 2.77 bits per heavy atom. The Balaban J connectivity index is 1.44. The van der Waals surface area contributed by atoms with Gasteiger partial charge in [-0.05, 0) is 18.6 Å². The van der Waals surface area contributed by atoms with Gasteiger partial charge in [0.05, 0.1) is 18.1 Å². The number of urea groups is 1. The molecule has 7 nitrogen and oxygen atoms in total. The summed E-state index contributed by atoms with van der Waals surface area (Å²) in [5.74, 6) is 1.49. The molecule has 1 aromatic carbocycles. The number of carbonyl (C=O) groups excluding carboxylic acids is 1. The summed E-state index contributed by atoms with van der Waals surface area (Å²) in [4.78, 5) is 11.8. The van der Waals surface area contributed by atoms with E-state index in [4.69, 9.17) is 9.47 Å². The van der Waals surface area contributed by atoms with Crippen LogP contribution in [0.2, 0.25) is 0 Å². The summed E-state index contributed by atoms with van der Waals surface area (Å²) in [7, 11) is -3.00. The molecular formula is C14H18N2O5S. The molecule has 0 unspecified atom stereocenters. The molecule has 0 radical (unpaired) electrons. The molecule has 8 heteroatoms. The van der Waals surface area contributed by atoms with Crippen LogP contribution in [0, 0.1) is 0 Å². The van der Waals surface area contributed by atoms with E-state index in [1.807, 2.05) is 24.3 Å². The standard InChI is InChI=1S/C14H18N2O5S/c17-14(16-10-5-6-22(18,19)9-10)15-7-11-8-20-12-3-1-2-4-13(12)21-11/h1-4,10-11H,5-9H2,(H2,15,16,17)/t10-,11-/m0/s1. The van der Waals surface area contributed by atoms with Gasteiger partial charge < -0.3 is 20.1 Å². The van der Waals surface area contributed by atoms with Crippen molar-refractivity contribution in [3.8, 4) is 11.5 Å². The minimum absolute atomic E-state index is 0.0107. The van der Waals surface area contributed by atoms with Gasteiger partial charge in [0.15, 0.2) is 27.4 Å². The molecule has 22 heavy (non-hydrogen) atoms. The lowest BCUT2D eigenvalue weighted by Crippen LogP contribution is -2.47. The summed E-state index contributed by atoms with van der Waals surface area (Å²) in [5.41, 5.74) is 0. The smallest absolute Gasteiger partial charge is 0.315 e. The number of ether oxygens (including phenoxy) is 2. The molecule has 2 aliphatic heterocycles. The molecule has 1 saturated heterocycles. The van der Waals surface area contributed by atoms with Gasteiger partial charge in [-0.15, -0.1) is 0 Å². The normalized spacial score (nSPS) is 25.5. The molecule has 2 atom stereocenters. The van der Waals surface area contributed by atoms with E-state index in [0.717, 1.165) is 0 Å². The number of hydrogen-bond acceptors (Lipinski definition) is 5. The average Bonchev–Trinajstić information content (AvgIpc) is 2.84. The quantitative estimate of drug-likeness (QED) is 0.834. The van der Waals surface area contributed by atoms with Crippen molar-refractivity contribution in [2.24, 2.45) is 0 Å². The average molecular weight is 326 g/mol. The number of hydrogen-bond donors (Lipinski definition) is 2. The molecule has 0 saturated carbocycles. The number of rotatable bonds is 3. The summed E-state index contributed by atoms with van der Waals surface area (Å²) in [5, 5.41) is 5.36. The topological polar surface area (TPSA) is 93.7 Å². The Morgan fingerprint density at radius 1 is 1.27 bits per heavy atom. The molecular weight excluding hydrogens is 308 g/mol. The van der Waals surface area contributed by atoms with Gasteiger partial charge in [-0.25, -0.2) is 13.2 Å². The van der Waals surface area contributed by atoms with Gasteiger partial charge in [0.2, 0.25) is 0 Å². The second-order valence-electron chi connectivity index (χ2n) is 5.45. The van der Waals surface area contributed by atoms with Crippen LogP contribution >= 0.6 is 0 Å². The van der Waals surface area contributed by atoms with E-state index in [0.29, 0.717) is 31.1 Å². The molecule has 120 valence electrons. The molecule has 3 rings (SSSR count). The van der Waals surface area contributed by atoms with E-state index in [2.05, 4.69) is 10.6 Å². The van der Waals surface area contributed by atoms with Crippen molar-refractivity contribution < 1.29 is 22.7 Å². The zero-order valence-electron chi connectivity index (χ0n) is 11.9. The predicted octanol–water partition coefficient (Wildman–Crippen LogP) is 0.313. The highest BCUT2D eigenvalue weighted by atomic mass is 32.2. The van der Waals surface area contributed by atoms with Gasteiger partial charge in [-0.3, -0.25) is 0 Å². The predicted molar refractivity (Wildman–Crippen MR) is 79.9 cm³/mol. The molecule has 2 N–H and O–H groups in total. The zero-order valence-corrected chi connectivity index (χ0v) is 12.8. The third kappa shape index (κ3) is 3.62. The van der Waals surface area contributed by atoms with Crippen LogP contribution < -0.4 is 20.1 Å². The first-order valence-electron chi connectivity index (χ1n) is 7.15. The Morgan fingerprint density at radius 2 is 2.05 bits per heavy atom. The van der Waals surface area contributed by atoms with Crippen molar-refractivity contribution in [1.82, 2.24) is 10.6 Å². The lowest BCUT2D eigenvalue weighted by atomic mass is 10.2. The number of amides is 2. The van der Waals surface area contributed by atoms with E-state index >= 15 is 0 Å². The van der Waals surface area contributed by atoms with E-state index < -0.39 is 9.84 Å². The van der Waals surface area contributed by atoms with Crippen molar-refractivity contribution in [3.63, 3.8) is 0 Å². The molecule has 1 fully saturated rings. The Hall–Kier alpha value is -1.96. The highest BCUT2D eigenvalue weighted by molar-refractivity contribution is 7.91. The van der Waals surface area contributed by atoms with Gasteiger partial charge in [-0.1, -0.05) is 12.1 Å². The number of para-hydroxylation sites is 2. The first-order chi connectivity index (χ1) is 10.5. The summed E-state index contributed by atoms with van der Waals surface area (Å²) in [6.45, 7) is 0.648. The summed E-state index contributed by atoms with van der Waals surface area (Å²) in [6, 6.07) is 6.66. The number of benzene rings is 1. The monoisotopic (exact) mass is 326 g/mol. The van der Waals surface area contributed by atoms with Crippen LogP contribution in [0.15, 0.2) is 24.3 Å². The van der Waals surface area contributed by atoms with Gasteiger partial charge in [0.1, 0.15) is 6.61 Å². The van der Waals surface area contributed by atoms with E-state index in [1.54, 1.807) is 0 Å². The van der Waals surface area contributed by atoms with Crippen LogP contribution in [-0.2, 0) is 9.84 Å². The molecule has 0 aromatic heterocycles. The SMILES string of the molecule is O=C(NC[C@H]1COc2ccccc2O1)N[C@H]1CCS(=O)(=O)C1. The highest BCUT2D eigenvalue weighted by Gasteiger charge is 2.29. The largest absolute Gasteiger partial charge is 0.486 e. The molecule has 0 aliphatic carbocycles. The van der Waals surface area contributed by atoms with Gasteiger partial charge in [-0.2, -0.15) is 0 Å². The maximum atomic E-state index is 11.8.